The lowest BCUT2D eigenvalue weighted by Gasteiger charge is -2.33. The van der Waals surface area contributed by atoms with Crippen molar-refractivity contribution in [2.24, 2.45) is 0 Å². The normalized spacial score (nSPS) is 12.2. The summed E-state index contributed by atoms with van der Waals surface area (Å²) in [5.41, 5.74) is 3.52. The van der Waals surface area contributed by atoms with Crippen LogP contribution < -0.4 is 0 Å². The average Bonchev–Trinajstić information content (AvgIpc) is 3.04. The van der Waals surface area contributed by atoms with Crippen LogP contribution in [0.1, 0.15) is 22.5 Å². The molecule has 0 N–H and O–H groups in total. The van der Waals surface area contributed by atoms with E-state index in [9.17, 15) is 22.8 Å². The summed E-state index contributed by atoms with van der Waals surface area (Å²) in [6.07, 6.45) is 1.80. The van der Waals surface area contributed by atoms with Crippen LogP contribution in [-0.2, 0) is 33.5 Å². The standard InChI is InChI=1S/C33H32F3N5O3/c1-40(18-19-44-2)31(43)29(20-24-8-4-3-5-9-24)41(23-25-11-14-27(15-12-25)28-10-6-7-17-37-28)30(42)16-13-26-21-38-32(39-22-26)33(34,35)36/h3-17,21-22,29H,18-20,23H2,1-2H3. The third-order valence-electron chi connectivity index (χ3n) is 6.83. The number of carbonyl (C=O) groups excluding carboxylic acids is 2. The summed E-state index contributed by atoms with van der Waals surface area (Å²) in [4.78, 5) is 41.7. The maximum atomic E-state index is 13.9. The Kier molecular flexibility index (Phi) is 10.9. The lowest BCUT2D eigenvalue weighted by Crippen LogP contribution is -2.51. The van der Waals surface area contributed by atoms with Gasteiger partial charge in [0.15, 0.2) is 0 Å². The van der Waals surface area contributed by atoms with Gasteiger partial charge in [0.2, 0.25) is 17.6 Å². The minimum absolute atomic E-state index is 0.0938. The third kappa shape index (κ3) is 8.81. The molecule has 4 rings (SSSR count). The highest BCUT2D eigenvalue weighted by molar-refractivity contribution is 5.95. The summed E-state index contributed by atoms with van der Waals surface area (Å²) in [6, 6.07) is 21.6. The number of amides is 2. The van der Waals surface area contributed by atoms with Crippen molar-refractivity contribution in [2.75, 3.05) is 27.3 Å². The maximum absolute atomic E-state index is 13.9. The molecular formula is C33H32F3N5O3. The number of likely N-dealkylation sites (N-methyl/N-ethyl adjacent to an activating group) is 1. The summed E-state index contributed by atoms with van der Waals surface area (Å²) in [5, 5.41) is 0. The number of hydrogen-bond acceptors (Lipinski definition) is 6. The van der Waals surface area contributed by atoms with Gasteiger partial charge in [-0.05, 0) is 29.3 Å². The van der Waals surface area contributed by atoms with Gasteiger partial charge >= 0.3 is 6.18 Å². The van der Waals surface area contributed by atoms with Crippen molar-refractivity contribution >= 4 is 17.9 Å². The summed E-state index contributed by atoms with van der Waals surface area (Å²) in [6.45, 7) is 0.730. The first-order chi connectivity index (χ1) is 21.2. The van der Waals surface area contributed by atoms with Gasteiger partial charge in [0.1, 0.15) is 6.04 Å². The molecule has 0 saturated carbocycles. The molecule has 0 aliphatic rings. The number of ether oxygens (including phenoxy) is 1. The second kappa shape index (κ2) is 15.0. The maximum Gasteiger partial charge on any atom is 0.451 e. The first kappa shape index (κ1) is 32.0. The van der Waals surface area contributed by atoms with Crippen molar-refractivity contribution in [3.05, 3.63) is 120 Å². The number of benzene rings is 2. The Hall–Kier alpha value is -4.90. The lowest BCUT2D eigenvalue weighted by atomic mass is 10.0. The highest BCUT2D eigenvalue weighted by atomic mass is 19.4. The van der Waals surface area contributed by atoms with E-state index in [0.717, 1.165) is 34.8 Å². The number of alkyl halides is 3. The number of rotatable bonds is 12. The molecule has 2 aromatic heterocycles. The molecule has 2 amide bonds. The fourth-order valence-corrected chi connectivity index (χ4v) is 4.45. The Morgan fingerprint density at radius 1 is 0.909 bits per heavy atom. The number of hydrogen-bond donors (Lipinski definition) is 0. The number of pyridine rings is 1. The molecule has 44 heavy (non-hydrogen) atoms. The van der Waals surface area contributed by atoms with Crippen LogP contribution in [0.25, 0.3) is 17.3 Å². The third-order valence-corrected chi connectivity index (χ3v) is 6.83. The average molecular weight is 604 g/mol. The Bertz CT molecular complexity index is 1530. The van der Waals surface area contributed by atoms with Crippen molar-refractivity contribution in [1.29, 1.82) is 0 Å². The quantitative estimate of drug-likeness (QED) is 0.204. The fourth-order valence-electron chi connectivity index (χ4n) is 4.45. The summed E-state index contributed by atoms with van der Waals surface area (Å²) in [7, 11) is 3.19. The van der Waals surface area contributed by atoms with Crippen LogP contribution >= 0.6 is 0 Å². The Balaban J connectivity index is 1.67. The molecule has 0 bridgehead atoms. The minimum Gasteiger partial charge on any atom is -0.383 e. The summed E-state index contributed by atoms with van der Waals surface area (Å²) < 4.78 is 43.9. The molecule has 0 fully saturated rings. The predicted molar refractivity (Wildman–Crippen MR) is 160 cm³/mol. The Labute approximate surface area is 253 Å². The monoisotopic (exact) mass is 603 g/mol. The molecule has 0 spiro atoms. The largest absolute Gasteiger partial charge is 0.451 e. The van der Waals surface area contributed by atoms with E-state index < -0.39 is 23.9 Å². The molecular weight excluding hydrogens is 571 g/mol. The van der Waals surface area contributed by atoms with Crippen LogP contribution in [0, 0.1) is 0 Å². The van der Waals surface area contributed by atoms with E-state index in [2.05, 4.69) is 15.0 Å². The SMILES string of the molecule is COCCN(C)C(=O)C(Cc1ccccc1)N(Cc1ccc(-c2ccccn2)cc1)C(=O)C=Cc1cnc(C(F)(F)F)nc1. The topological polar surface area (TPSA) is 88.5 Å². The summed E-state index contributed by atoms with van der Waals surface area (Å²) in [5.74, 6) is -2.06. The van der Waals surface area contributed by atoms with Crippen molar-refractivity contribution in [1.82, 2.24) is 24.8 Å². The first-order valence-electron chi connectivity index (χ1n) is 13.8. The van der Waals surface area contributed by atoms with E-state index in [1.165, 1.54) is 22.0 Å². The second-order valence-electron chi connectivity index (χ2n) is 10.0. The zero-order valence-corrected chi connectivity index (χ0v) is 24.3. The van der Waals surface area contributed by atoms with Crippen LogP contribution in [0.4, 0.5) is 13.2 Å². The van der Waals surface area contributed by atoms with Crippen molar-refractivity contribution < 1.29 is 27.5 Å². The van der Waals surface area contributed by atoms with Gasteiger partial charge < -0.3 is 14.5 Å². The van der Waals surface area contributed by atoms with E-state index in [4.69, 9.17) is 4.74 Å². The minimum atomic E-state index is -4.68. The molecule has 0 aliphatic carbocycles. The predicted octanol–water partition coefficient (Wildman–Crippen LogP) is 5.32. The van der Waals surface area contributed by atoms with Gasteiger partial charge in [-0.1, -0.05) is 60.7 Å². The van der Waals surface area contributed by atoms with Gasteiger partial charge in [0, 0.05) is 69.5 Å². The van der Waals surface area contributed by atoms with E-state index in [1.807, 2.05) is 72.8 Å². The van der Waals surface area contributed by atoms with Crippen LogP contribution in [0.3, 0.4) is 0 Å². The van der Waals surface area contributed by atoms with Gasteiger partial charge in [-0.3, -0.25) is 14.6 Å². The van der Waals surface area contributed by atoms with Gasteiger partial charge in [-0.25, -0.2) is 9.97 Å². The Morgan fingerprint density at radius 3 is 2.20 bits per heavy atom. The highest BCUT2D eigenvalue weighted by Gasteiger charge is 2.34. The summed E-state index contributed by atoms with van der Waals surface area (Å²) >= 11 is 0. The van der Waals surface area contributed by atoms with E-state index in [1.54, 1.807) is 20.4 Å². The van der Waals surface area contributed by atoms with Gasteiger partial charge in [-0.2, -0.15) is 13.2 Å². The van der Waals surface area contributed by atoms with Crippen LogP contribution in [0.2, 0.25) is 0 Å². The van der Waals surface area contributed by atoms with Crippen molar-refractivity contribution in [3.8, 4) is 11.3 Å². The second-order valence-corrected chi connectivity index (χ2v) is 10.0. The highest BCUT2D eigenvalue weighted by Crippen LogP contribution is 2.25. The number of carbonyl (C=O) groups is 2. The smallest absolute Gasteiger partial charge is 0.383 e. The van der Waals surface area contributed by atoms with Crippen LogP contribution in [0.5, 0.6) is 0 Å². The Morgan fingerprint density at radius 2 is 1.59 bits per heavy atom. The number of methoxy groups -OCH3 is 1. The van der Waals surface area contributed by atoms with Crippen LogP contribution in [-0.4, -0.2) is 69.9 Å². The van der Waals surface area contributed by atoms with Crippen molar-refractivity contribution in [2.45, 2.75) is 25.2 Å². The van der Waals surface area contributed by atoms with Gasteiger partial charge in [0.05, 0.1) is 12.3 Å². The molecule has 8 nitrogen and oxygen atoms in total. The fraction of sp³-hybridized carbons (Fsp3) is 0.242. The molecule has 4 aromatic rings. The molecule has 2 heterocycles. The van der Waals surface area contributed by atoms with Gasteiger partial charge in [0.25, 0.3) is 0 Å². The number of aromatic nitrogens is 3. The molecule has 0 saturated heterocycles. The molecule has 11 heteroatoms. The molecule has 0 radical (unpaired) electrons. The lowest BCUT2D eigenvalue weighted by molar-refractivity contribution is -0.145. The van der Waals surface area contributed by atoms with Crippen LogP contribution in [0.15, 0.2) is 97.5 Å². The first-order valence-corrected chi connectivity index (χ1v) is 13.8. The van der Waals surface area contributed by atoms with E-state index in [0.29, 0.717) is 13.2 Å². The van der Waals surface area contributed by atoms with E-state index in [-0.39, 0.29) is 24.4 Å². The zero-order chi connectivity index (χ0) is 31.5. The zero-order valence-electron chi connectivity index (χ0n) is 24.3. The number of nitrogens with zero attached hydrogens (tertiary/aromatic N) is 5. The molecule has 228 valence electrons. The van der Waals surface area contributed by atoms with E-state index >= 15 is 0 Å². The molecule has 0 aliphatic heterocycles. The molecule has 1 atom stereocenters. The van der Waals surface area contributed by atoms with Gasteiger partial charge in [-0.15, -0.1) is 0 Å². The molecule has 1 unspecified atom stereocenters. The van der Waals surface area contributed by atoms with Crippen molar-refractivity contribution in [3.63, 3.8) is 0 Å². The number of halogens is 3. The molecule has 2 aromatic carbocycles.